The molecule has 1 fully saturated rings. The van der Waals surface area contributed by atoms with Crippen LogP contribution in [-0.2, 0) is 11.2 Å². The first-order chi connectivity index (χ1) is 8.85. The molecule has 1 saturated heterocycles. The lowest BCUT2D eigenvalue weighted by molar-refractivity contribution is 0.139. The van der Waals surface area contributed by atoms with Crippen molar-refractivity contribution in [3.05, 3.63) is 23.9 Å². The summed E-state index contributed by atoms with van der Waals surface area (Å²) in [5, 5.41) is 0. The third-order valence-corrected chi connectivity index (χ3v) is 3.60. The van der Waals surface area contributed by atoms with Crippen LogP contribution >= 0.6 is 0 Å². The largest absolute Gasteiger partial charge is 0.384 e. The van der Waals surface area contributed by atoms with E-state index in [0.29, 0.717) is 12.5 Å². The van der Waals surface area contributed by atoms with Gasteiger partial charge in [-0.05, 0) is 43.4 Å². The molecule has 2 N–H and O–H groups in total. The molecule has 0 aliphatic carbocycles. The molecule has 1 aliphatic rings. The first kappa shape index (κ1) is 13.3. The van der Waals surface area contributed by atoms with Crippen LogP contribution in [0.5, 0.6) is 0 Å². The van der Waals surface area contributed by atoms with Gasteiger partial charge in [-0.3, -0.25) is 0 Å². The van der Waals surface area contributed by atoms with Crippen molar-refractivity contribution in [2.24, 2.45) is 11.7 Å². The van der Waals surface area contributed by atoms with Gasteiger partial charge in [-0.1, -0.05) is 6.07 Å². The Bertz CT molecular complexity index is 362. The van der Waals surface area contributed by atoms with E-state index in [-0.39, 0.29) is 0 Å². The van der Waals surface area contributed by atoms with Crippen LogP contribution in [-0.4, -0.2) is 38.3 Å². The topological polar surface area (TPSA) is 51.4 Å². The standard InChI is InChI=1S/C14H23N3O/c1-18-11-12-5-9-17(10-6-12)14-13(4-7-15)3-2-8-16-14/h2-3,8,12H,4-7,9-11,15H2,1H3. The van der Waals surface area contributed by atoms with Gasteiger partial charge < -0.3 is 15.4 Å². The zero-order chi connectivity index (χ0) is 12.8. The van der Waals surface area contributed by atoms with E-state index in [1.54, 1.807) is 7.11 Å². The third-order valence-electron chi connectivity index (χ3n) is 3.60. The minimum Gasteiger partial charge on any atom is -0.384 e. The van der Waals surface area contributed by atoms with Crippen LogP contribution < -0.4 is 10.6 Å². The molecule has 0 saturated carbocycles. The fourth-order valence-electron chi connectivity index (χ4n) is 2.61. The van der Waals surface area contributed by atoms with Crippen LogP contribution in [0.4, 0.5) is 5.82 Å². The van der Waals surface area contributed by atoms with Gasteiger partial charge in [0, 0.05) is 33.0 Å². The molecule has 0 amide bonds. The van der Waals surface area contributed by atoms with Crippen molar-refractivity contribution in [1.82, 2.24) is 4.98 Å². The highest BCUT2D eigenvalue weighted by atomic mass is 16.5. The maximum absolute atomic E-state index is 5.66. The number of piperidine rings is 1. The summed E-state index contributed by atoms with van der Waals surface area (Å²) in [5.74, 6) is 1.83. The van der Waals surface area contributed by atoms with E-state index < -0.39 is 0 Å². The van der Waals surface area contributed by atoms with E-state index >= 15 is 0 Å². The van der Waals surface area contributed by atoms with E-state index in [0.717, 1.165) is 31.9 Å². The van der Waals surface area contributed by atoms with Crippen molar-refractivity contribution in [3.63, 3.8) is 0 Å². The number of methoxy groups -OCH3 is 1. The van der Waals surface area contributed by atoms with Gasteiger partial charge in [0.1, 0.15) is 5.82 Å². The molecule has 0 atom stereocenters. The first-order valence-corrected chi connectivity index (χ1v) is 6.73. The Morgan fingerprint density at radius 3 is 2.89 bits per heavy atom. The molecule has 1 aliphatic heterocycles. The molecule has 0 spiro atoms. The van der Waals surface area contributed by atoms with E-state index in [9.17, 15) is 0 Å². The van der Waals surface area contributed by atoms with Gasteiger partial charge in [0.15, 0.2) is 0 Å². The lowest BCUT2D eigenvalue weighted by Gasteiger charge is -2.33. The van der Waals surface area contributed by atoms with E-state index in [2.05, 4.69) is 16.0 Å². The molecule has 0 radical (unpaired) electrons. The molecular weight excluding hydrogens is 226 g/mol. The maximum Gasteiger partial charge on any atom is 0.131 e. The van der Waals surface area contributed by atoms with Gasteiger partial charge in [0.05, 0.1) is 0 Å². The highest BCUT2D eigenvalue weighted by Crippen LogP contribution is 2.24. The number of rotatable bonds is 5. The second kappa shape index (κ2) is 6.71. The van der Waals surface area contributed by atoms with Crippen molar-refractivity contribution < 1.29 is 4.74 Å². The van der Waals surface area contributed by atoms with Crippen molar-refractivity contribution in [1.29, 1.82) is 0 Å². The molecule has 0 unspecified atom stereocenters. The number of aromatic nitrogens is 1. The highest BCUT2D eigenvalue weighted by molar-refractivity contribution is 5.47. The summed E-state index contributed by atoms with van der Waals surface area (Å²) in [6, 6.07) is 4.13. The molecule has 4 nitrogen and oxygen atoms in total. The molecule has 1 aromatic heterocycles. The zero-order valence-electron chi connectivity index (χ0n) is 11.1. The first-order valence-electron chi connectivity index (χ1n) is 6.73. The van der Waals surface area contributed by atoms with Gasteiger partial charge in [0.25, 0.3) is 0 Å². The van der Waals surface area contributed by atoms with Crippen LogP contribution in [0, 0.1) is 5.92 Å². The monoisotopic (exact) mass is 249 g/mol. The predicted molar refractivity (Wildman–Crippen MR) is 73.8 cm³/mol. The summed E-state index contributed by atoms with van der Waals surface area (Å²) in [7, 11) is 1.78. The van der Waals surface area contributed by atoms with Crippen LogP contribution in [0.2, 0.25) is 0 Å². The fourth-order valence-corrected chi connectivity index (χ4v) is 2.61. The second-order valence-electron chi connectivity index (χ2n) is 4.91. The van der Waals surface area contributed by atoms with Gasteiger partial charge >= 0.3 is 0 Å². The summed E-state index contributed by atoms with van der Waals surface area (Å²) in [4.78, 5) is 6.92. The zero-order valence-corrected chi connectivity index (χ0v) is 11.1. The van der Waals surface area contributed by atoms with E-state index in [1.807, 2.05) is 12.3 Å². The Morgan fingerprint density at radius 1 is 1.44 bits per heavy atom. The Balaban J connectivity index is 2.00. The molecular formula is C14H23N3O. The van der Waals surface area contributed by atoms with Gasteiger partial charge in [0.2, 0.25) is 0 Å². The number of ether oxygens (including phenoxy) is 1. The molecule has 1 aromatic rings. The summed E-state index contributed by atoms with van der Waals surface area (Å²) in [6.45, 7) is 3.70. The van der Waals surface area contributed by atoms with Crippen molar-refractivity contribution >= 4 is 5.82 Å². The lowest BCUT2D eigenvalue weighted by atomic mass is 9.97. The lowest BCUT2D eigenvalue weighted by Crippen LogP contribution is -2.36. The molecule has 100 valence electrons. The van der Waals surface area contributed by atoms with Crippen LogP contribution in [0.3, 0.4) is 0 Å². The smallest absolute Gasteiger partial charge is 0.131 e. The third kappa shape index (κ3) is 3.21. The summed E-state index contributed by atoms with van der Waals surface area (Å²) in [6.07, 6.45) is 5.15. The Labute approximate surface area is 109 Å². The number of hydrogen-bond acceptors (Lipinski definition) is 4. The average Bonchev–Trinajstić information content (AvgIpc) is 2.41. The minimum atomic E-state index is 0.679. The average molecular weight is 249 g/mol. The highest BCUT2D eigenvalue weighted by Gasteiger charge is 2.21. The van der Waals surface area contributed by atoms with E-state index in [1.165, 1.54) is 18.4 Å². The number of hydrogen-bond donors (Lipinski definition) is 1. The molecule has 2 heterocycles. The molecule has 2 rings (SSSR count). The number of anilines is 1. The van der Waals surface area contributed by atoms with E-state index in [4.69, 9.17) is 10.5 Å². The van der Waals surface area contributed by atoms with Crippen LogP contribution in [0.25, 0.3) is 0 Å². The maximum atomic E-state index is 5.66. The quantitative estimate of drug-likeness (QED) is 0.858. The Hall–Kier alpha value is -1.13. The van der Waals surface area contributed by atoms with Crippen LogP contribution in [0.15, 0.2) is 18.3 Å². The number of nitrogens with two attached hydrogens (primary N) is 1. The second-order valence-corrected chi connectivity index (χ2v) is 4.91. The molecule has 18 heavy (non-hydrogen) atoms. The van der Waals surface area contributed by atoms with Gasteiger partial charge in [-0.2, -0.15) is 0 Å². The Kier molecular flexibility index (Phi) is 4.96. The van der Waals surface area contributed by atoms with Gasteiger partial charge in [-0.25, -0.2) is 4.98 Å². The fraction of sp³-hybridized carbons (Fsp3) is 0.643. The van der Waals surface area contributed by atoms with Crippen molar-refractivity contribution in [2.45, 2.75) is 19.3 Å². The summed E-state index contributed by atoms with van der Waals surface area (Å²) < 4.78 is 5.23. The predicted octanol–water partition coefficient (Wildman–Crippen LogP) is 1.45. The number of nitrogens with zero attached hydrogens (tertiary/aromatic N) is 2. The van der Waals surface area contributed by atoms with Gasteiger partial charge in [-0.15, -0.1) is 0 Å². The minimum absolute atomic E-state index is 0.679. The SMILES string of the molecule is COCC1CCN(c2ncccc2CCN)CC1. The Morgan fingerprint density at radius 2 is 2.22 bits per heavy atom. The summed E-state index contributed by atoms with van der Waals surface area (Å²) in [5.41, 5.74) is 6.93. The van der Waals surface area contributed by atoms with Crippen molar-refractivity contribution in [3.8, 4) is 0 Å². The number of pyridine rings is 1. The van der Waals surface area contributed by atoms with Crippen molar-refractivity contribution in [2.75, 3.05) is 38.3 Å². The molecule has 4 heteroatoms. The molecule has 0 bridgehead atoms. The summed E-state index contributed by atoms with van der Waals surface area (Å²) >= 11 is 0. The normalized spacial score (nSPS) is 17.1. The molecule has 0 aromatic carbocycles. The van der Waals surface area contributed by atoms with Crippen LogP contribution in [0.1, 0.15) is 18.4 Å².